The van der Waals surface area contributed by atoms with Gasteiger partial charge in [0.15, 0.2) is 6.10 Å². The van der Waals surface area contributed by atoms with Gasteiger partial charge in [0.2, 0.25) is 10.0 Å². The first-order chi connectivity index (χ1) is 14.6. The van der Waals surface area contributed by atoms with Crippen molar-refractivity contribution in [2.24, 2.45) is 0 Å². The number of ether oxygens (including phenoxy) is 2. The van der Waals surface area contributed by atoms with Crippen LogP contribution in [0.25, 0.3) is 0 Å². The van der Waals surface area contributed by atoms with Crippen molar-refractivity contribution >= 4 is 27.6 Å². The standard InChI is InChI=1S/C22H26N2O6S/c1-14-11-18-12-17(7-10-20(18)24(14)31(4,27)28)22(26)30-15(2)21(25)23-13-16-5-8-19(29-3)9-6-16/h5-10,12,14-15H,11,13H2,1-4H3,(H,23,25)/t14-,15+/m0/s1. The molecule has 0 saturated heterocycles. The number of rotatable bonds is 7. The fourth-order valence-electron chi connectivity index (χ4n) is 3.59. The van der Waals surface area contributed by atoms with Gasteiger partial charge in [0.05, 0.1) is 24.6 Å². The molecule has 1 N–H and O–H groups in total. The number of amides is 1. The minimum atomic E-state index is -3.40. The second-order valence-electron chi connectivity index (χ2n) is 7.57. The van der Waals surface area contributed by atoms with Crippen LogP contribution >= 0.6 is 0 Å². The second-order valence-corrected chi connectivity index (χ2v) is 9.43. The fraction of sp³-hybridized carbons (Fsp3) is 0.364. The molecule has 1 aliphatic heterocycles. The van der Waals surface area contributed by atoms with Crippen molar-refractivity contribution in [1.29, 1.82) is 0 Å². The number of sulfonamides is 1. The van der Waals surface area contributed by atoms with Gasteiger partial charge in [-0.3, -0.25) is 9.10 Å². The van der Waals surface area contributed by atoms with E-state index in [1.54, 1.807) is 31.4 Å². The molecule has 2 aromatic rings. The zero-order valence-electron chi connectivity index (χ0n) is 17.9. The average molecular weight is 447 g/mol. The van der Waals surface area contributed by atoms with Gasteiger partial charge in [0.25, 0.3) is 5.91 Å². The Balaban J connectivity index is 1.60. The lowest BCUT2D eigenvalue weighted by molar-refractivity contribution is -0.129. The maximum absolute atomic E-state index is 12.5. The van der Waals surface area contributed by atoms with Gasteiger partial charge in [-0.15, -0.1) is 0 Å². The summed E-state index contributed by atoms with van der Waals surface area (Å²) in [7, 11) is -1.83. The molecule has 0 radical (unpaired) electrons. The highest BCUT2D eigenvalue weighted by Crippen LogP contribution is 2.34. The van der Waals surface area contributed by atoms with Crippen LogP contribution in [0.15, 0.2) is 42.5 Å². The molecule has 1 amide bonds. The molecular weight excluding hydrogens is 420 g/mol. The predicted octanol–water partition coefficient (Wildman–Crippen LogP) is 2.27. The lowest BCUT2D eigenvalue weighted by atomic mass is 10.1. The quantitative estimate of drug-likeness (QED) is 0.655. The third-order valence-corrected chi connectivity index (χ3v) is 6.38. The minimum absolute atomic E-state index is 0.223. The van der Waals surface area contributed by atoms with Crippen LogP contribution in [0.5, 0.6) is 5.75 Å². The number of methoxy groups -OCH3 is 1. The molecule has 0 saturated carbocycles. The van der Waals surface area contributed by atoms with Gasteiger partial charge in [-0.25, -0.2) is 13.2 Å². The second kappa shape index (κ2) is 8.97. The monoisotopic (exact) mass is 446 g/mol. The number of benzene rings is 2. The van der Waals surface area contributed by atoms with Crippen molar-refractivity contribution < 1.29 is 27.5 Å². The Bertz CT molecular complexity index is 1080. The Morgan fingerprint density at radius 1 is 1.19 bits per heavy atom. The molecule has 2 atom stereocenters. The molecule has 0 aliphatic carbocycles. The number of hydrogen-bond acceptors (Lipinski definition) is 6. The molecule has 0 fully saturated rings. The molecule has 8 nitrogen and oxygen atoms in total. The van der Waals surface area contributed by atoms with Crippen LogP contribution in [0.2, 0.25) is 0 Å². The highest BCUT2D eigenvalue weighted by molar-refractivity contribution is 7.92. The Morgan fingerprint density at radius 3 is 2.48 bits per heavy atom. The largest absolute Gasteiger partial charge is 0.497 e. The van der Waals surface area contributed by atoms with Gasteiger partial charge in [-0.1, -0.05) is 12.1 Å². The number of carbonyl (C=O) groups excluding carboxylic acids is 2. The van der Waals surface area contributed by atoms with E-state index in [4.69, 9.17) is 9.47 Å². The fourth-order valence-corrected chi connectivity index (χ4v) is 4.86. The smallest absolute Gasteiger partial charge is 0.338 e. The van der Waals surface area contributed by atoms with Gasteiger partial charge < -0.3 is 14.8 Å². The first kappa shape index (κ1) is 22.6. The summed E-state index contributed by atoms with van der Waals surface area (Å²) in [6, 6.07) is 11.8. The van der Waals surface area contributed by atoms with Crippen molar-refractivity contribution in [1.82, 2.24) is 5.32 Å². The van der Waals surface area contributed by atoms with Crippen molar-refractivity contribution in [3.8, 4) is 5.75 Å². The summed E-state index contributed by atoms with van der Waals surface area (Å²) >= 11 is 0. The van der Waals surface area contributed by atoms with E-state index in [2.05, 4.69) is 5.32 Å². The molecule has 0 aromatic heterocycles. The van der Waals surface area contributed by atoms with Gasteiger partial charge >= 0.3 is 5.97 Å². The van der Waals surface area contributed by atoms with Crippen molar-refractivity contribution in [3.05, 3.63) is 59.2 Å². The number of carbonyl (C=O) groups is 2. The van der Waals surface area contributed by atoms with Crippen LogP contribution in [0.3, 0.4) is 0 Å². The maximum atomic E-state index is 12.5. The predicted molar refractivity (Wildman–Crippen MR) is 117 cm³/mol. The van der Waals surface area contributed by atoms with Gasteiger partial charge in [0.1, 0.15) is 5.75 Å². The molecule has 1 aliphatic rings. The average Bonchev–Trinajstić information content (AvgIpc) is 3.07. The first-order valence-electron chi connectivity index (χ1n) is 9.84. The zero-order chi connectivity index (χ0) is 22.8. The number of esters is 1. The van der Waals surface area contributed by atoms with Crippen LogP contribution < -0.4 is 14.4 Å². The summed E-state index contributed by atoms with van der Waals surface area (Å²) in [5, 5.41) is 2.73. The van der Waals surface area contributed by atoms with Gasteiger partial charge in [0, 0.05) is 12.6 Å². The Morgan fingerprint density at radius 2 is 1.87 bits per heavy atom. The molecule has 1 heterocycles. The van der Waals surface area contributed by atoms with Crippen LogP contribution in [0.4, 0.5) is 5.69 Å². The van der Waals surface area contributed by atoms with E-state index in [0.717, 1.165) is 23.1 Å². The molecule has 0 unspecified atom stereocenters. The number of nitrogens with one attached hydrogen (secondary N) is 1. The summed E-state index contributed by atoms with van der Waals surface area (Å²) in [5.41, 5.74) is 2.48. The molecule has 3 rings (SSSR count). The van der Waals surface area contributed by atoms with E-state index >= 15 is 0 Å². The van der Waals surface area contributed by atoms with E-state index in [0.29, 0.717) is 18.7 Å². The van der Waals surface area contributed by atoms with Crippen LogP contribution in [-0.4, -0.2) is 45.8 Å². The lowest BCUT2D eigenvalue weighted by Gasteiger charge is -2.22. The van der Waals surface area contributed by atoms with Gasteiger partial charge in [-0.05, 0) is 61.7 Å². The number of hydrogen-bond donors (Lipinski definition) is 1. The van der Waals surface area contributed by atoms with E-state index in [1.165, 1.54) is 17.3 Å². The highest BCUT2D eigenvalue weighted by atomic mass is 32.2. The zero-order valence-corrected chi connectivity index (χ0v) is 18.7. The first-order valence-corrected chi connectivity index (χ1v) is 11.7. The summed E-state index contributed by atoms with van der Waals surface area (Å²) in [6.45, 7) is 3.61. The number of anilines is 1. The Kier molecular flexibility index (Phi) is 6.54. The van der Waals surface area contributed by atoms with Crippen molar-refractivity contribution in [2.75, 3.05) is 17.7 Å². The molecule has 166 valence electrons. The molecular formula is C22H26N2O6S. The van der Waals surface area contributed by atoms with Crippen LogP contribution in [-0.2, 0) is 32.5 Å². The van der Waals surface area contributed by atoms with E-state index in [-0.39, 0.29) is 11.6 Å². The molecule has 0 bridgehead atoms. The minimum Gasteiger partial charge on any atom is -0.497 e. The Labute approximate surface area is 182 Å². The normalized spacial score (nSPS) is 16.4. The van der Waals surface area contributed by atoms with E-state index < -0.39 is 28.0 Å². The van der Waals surface area contributed by atoms with Gasteiger partial charge in [-0.2, -0.15) is 0 Å². The molecule has 9 heteroatoms. The number of fused-ring (bicyclic) bond motifs is 1. The summed E-state index contributed by atoms with van der Waals surface area (Å²) in [6.07, 6.45) is 0.680. The maximum Gasteiger partial charge on any atom is 0.338 e. The van der Waals surface area contributed by atoms with Crippen molar-refractivity contribution in [3.63, 3.8) is 0 Å². The third-order valence-electron chi connectivity index (χ3n) is 5.10. The summed E-state index contributed by atoms with van der Waals surface area (Å²) < 4.78 is 35.8. The number of nitrogens with zero attached hydrogens (tertiary/aromatic N) is 1. The Hall–Kier alpha value is -3.07. The van der Waals surface area contributed by atoms with Crippen molar-refractivity contribution in [2.45, 2.75) is 39.0 Å². The third kappa shape index (κ3) is 5.16. The molecule has 0 spiro atoms. The lowest BCUT2D eigenvalue weighted by Crippen LogP contribution is -2.35. The molecule has 31 heavy (non-hydrogen) atoms. The molecule has 2 aromatic carbocycles. The summed E-state index contributed by atoms with van der Waals surface area (Å²) in [5.74, 6) is -0.330. The van der Waals surface area contributed by atoms with E-state index in [1.807, 2.05) is 19.1 Å². The summed E-state index contributed by atoms with van der Waals surface area (Å²) in [4.78, 5) is 24.8. The topological polar surface area (TPSA) is 102 Å². The van der Waals surface area contributed by atoms with E-state index in [9.17, 15) is 18.0 Å². The van der Waals surface area contributed by atoms with Crippen LogP contribution in [0.1, 0.15) is 35.3 Å². The highest BCUT2D eigenvalue weighted by Gasteiger charge is 2.33. The van der Waals surface area contributed by atoms with Crippen LogP contribution in [0, 0.1) is 0 Å². The SMILES string of the molecule is COc1ccc(CNC(=O)[C@@H](C)OC(=O)c2ccc3c(c2)C[C@H](C)N3S(C)(=O)=O)cc1.